The lowest BCUT2D eigenvalue weighted by molar-refractivity contribution is -0.116. The Labute approximate surface area is 243 Å². The lowest BCUT2D eigenvalue weighted by Crippen LogP contribution is -2.38. The quantitative estimate of drug-likeness (QED) is 0.313. The second kappa shape index (κ2) is 11.7. The molecule has 1 aliphatic carbocycles. The summed E-state index contributed by atoms with van der Waals surface area (Å²) >= 11 is 6.00. The molecule has 3 N–H and O–H groups in total. The molecule has 198 valence electrons. The highest BCUT2D eigenvalue weighted by atomic mass is 79.9. The second-order valence-electron chi connectivity index (χ2n) is 9.11. The van der Waals surface area contributed by atoms with Crippen LogP contribution in [0.1, 0.15) is 43.2 Å². The number of thioether (sulfide) groups is 1. The predicted octanol–water partition coefficient (Wildman–Crippen LogP) is 5.90. The van der Waals surface area contributed by atoms with Crippen molar-refractivity contribution >= 4 is 61.5 Å². The maximum Gasteiger partial charge on any atom is 0.234 e. The monoisotopic (exact) mass is 620 g/mol. The van der Waals surface area contributed by atoms with E-state index in [1.807, 2.05) is 48.5 Å². The van der Waals surface area contributed by atoms with E-state index in [0.29, 0.717) is 39.9 Å². The maximum absolute atomic E-state index is 13.2. The summed E-state index contributed by atoms with van der Waals surface area (Å²) < 4.78 is 1.50. The fourth-order valence-electron chi connectivity index (χ4n) is 4.79. The summed E-state index contributed by atoms with van der Waals surface area (Å²) in [6.07, 6.45) is 2.68. The Morgan fingerprint density at radius 3 is 2.64 bits per heavy atom. The third-order valence-corrected chi connectivity index (χ3v) is 9.25. The lowest BCUT2D eigenvalue weighted by Gasteiger charge is -2.38. The average Bonchev–Trinajstić information content (AvgIpc) is 3.41. The number of aromatic nitrogens is 2. The average molecular weight is 622 g/mol. The summed E-state index contributed by atoms with van der Waals surface area (Å²) in [5.74, 6) is -0.252. The Bertz CT molecular complexity index is 1520. The van der Waals surface area contributed by atoms with Crippen LogP contribution >= 0.6 is 39.0 Å². The topological polar surface area (TPSA) is 125 Å². The normalized spacial score (nSPS) is 17.2. The van der Waals surface area contributed by atoms with Gasteiger partial charge in [-0.1, -0.05) is 70.2 Å². The highest BCUT2D eigenvalue weighted by Gasteiger charge is 2.41. The van der Waals surface area contributed by atoms with Crippen LogP contribution in [-0.4, -0.2) is 27.6 Å². The molecule has 1 unspecified atom stereocenters. The Morgan fingerprint density at radius 2 is 1.95 bits per heavy atom. The molecule has 2 heterocycles. The molecule has 0 spiro atoms. The number of Topliss-reactive ketones (excluding diaryl/α,β-unsaturated/α-hetero) is 1. The van der Waals surface area contributed by atoms with Crippen LogP contribution in [-0.2, 0) is 16.0 Å². The van der Waals surface area contributed by atoms with Gasteiger partial charge in [0.05, 0.1) is 23.3 Å². The molecule has 1 amide bonds. The number of allylic oxidation sites excluding steroid dienone is 3. The van der Waals surface area contributed by atoms with Crippen molar-refractivity contribution in [3.05, 3.63) is 86.8 Å². The zero-order valence-corrected chi connectivity index (χ0v) is 24.3. The van der Waals surface area contributed by atoms with Crippen LogP contribution in [0.25, 0.3) is 0 Å². The van der Waals surface area contributed by atoms with E-state index in [0.717, 1.165) is 27.8 Å². The summed E-state index contributed by atoms with van der Waals surface area (Å²) in [6.45, 7) is 2.08. The van der Waals surface area contributed by atoms with Gasteiger partial charge in [-0.3, -0.25) is 14.5 Å². The van der Waals surface area contributed by atoms with E-state index in [1.165, 1.54) is 28.7 Å². The van der Waals surface area contributed by atoms with Gasteiger partial charge in [-0.25, -0.2) is 0 Å². The number of halogens is 1. The number of hydrogen-bond donors (Lipinski definition) is 2. The van der Waals surface area contributed by atoms with Crippen molar-refractivity contribution in [2.75, 3.05) is 16.0 Å². The summed E-state index contributed by atoms with van der Waals surface area (Å²) in [7, 11) is 0. The van der Waals surface area contributed by atoms with E-state index in [9.17, 15) is 14.9 Å². The van der Waals surface area contributed by atoms with E-state index in [2.05, 4.69) is 44.4 Å². The molecular formula is C28H25BrN6O2S2. The number of carbonyl (C=O) groups is 2. The van der Waals surface area contributed by atoms with Crippen molar-refractivity contribution in [1.82, 2.24) is 10.2 Å². The standard InChI is InChI=1S/C28H25BrN6O2S2/c1-2-16-6-12-19(13-7-16)32-23(37)15-38-28-34-33-27(39-28)35-21-4-3-5-22(36)25(21)24(20(14-30)26(35)31)17-8-10-18(29)11-9-17/h6-13,24H,2-5,15,31H2,1H3,(H,32,37). The first kappa shape index (κ1) is 27.1. The van der Waals surface area contributed by atoms with Gasteiger partial charge in [0, 0.05) is 27.9 Å². The van der Waals surface area contributed by atoms with Gasteiger partial charge in [0.1, 0.15) is 5.82 Å². The zero-order valence-electron chi connectivity index (χ0n) is 21.1. The predicted molar refractivity (Wildman–Crippen MR) is 157 cm³/mol. The van der Waals surface area contributed by atoms with Gasteiger partial charge in [0.25, 0.3) is 0 Å². The van der Waals surface area contributed by atoms with Crippen LogP contribution in [0.2, 0.25) is 0 Å². The van der Waals surface area contributed by atoms with Crippen molar-refractivity contribution in [2.24, 2.45) is 5.73 Å². The molecule has 0 saturated heterocycles. The maximum atomic E-state index is 13.2. The minimum absolute atomic E-state index is 0.0113. The molecule has 5 rings (SSSR count). The largest absolute Gasteiger partial charge is 0.384 e. The van der Waals surface area contributed by atoms with Crippen LogP contribution in [0.15, 0.2) is 80.0 Å². The molecule has 1 atom stereocenters. The Hall–Kier alpha value is -3.46. The second-order valence-corrected chi connectivity index (χ2v) is 12.2. The van der Waals surface area contributed by atoms with Crippen LogP contribution < -0.4 is 16.0 Å². The van der Waals surface area contributed by atoms with Gasteiger partial charge in [0.2, 0.25) is 11.0 Å². The molecule has 1 aromatic heterocycles. The van der Waals surface area contributed by atoms with Gasteiger partial charge in [0.15, 0.2) is 10.1 Å². The number of nitriles is 1. The molecule has 0 saturated carbocycles. The first-order chi connectivity index (χ1) is 18.9. The number of ketones is 1. The van der Waals surface area contributed by atoms with Gasteiger partial charge < -0.3 is 11.1 Å². The number of carbonyl (C=O) groups excluding carboxylic acids is 2. The number of aryl methyl sites for hydroxylation is 1. The Kier molecular flexibility index (Phi) is 8.16. The smallest absolute Gasteiger partial charge is 0.234 e. The molecule has 8 nitrogen and oxygen atoms in total. The molecule has 2 aromatic carbocycles. The Balaban J connectivity index is 1.39. The number of nitrogens with zero attached hydrogens (tertiary/aromatic N) is 4. The minimum Gasteiger partial charge on any atom is -0.384 e. The molecule has 39 heavy (non-hydrogen) atoms. The van der Waals surface area contributed by atoms with Crippen molar-refractivity contribution in [3.8, 4) is 6.07 Å². The van der Waals surface area contributed by atoms with Gasteiger partial charge in [-0.2, -0.15) is 5.26 Å². The summed E-state index contributed by atoms with van der Waals surface area (Å²) in [6, 6.07) is 17.6. The highest BCUT2D eigenvalue weighted by Crippen LogP contribution is 2.47. The fraction of sp³-hybridized carbons (Fsp3) is 0.250. The third kappa shape index (κ3) is 5.64. The Morgan fingerprint density at radius 1 is 1.21 bits per heavy atom. The number of hydrogen-bond acceptors (Lipinski definition) is 9. The first-order valence-corrected chi connectivity index (χ1v) is 15.1. The molecule has 1 aliphatic heterocycles. The lowest BCUT2D eigenvalue weighted by atomic mass is 9.76. The number of anilines is 2. The van der Waals surface area contributed by atoms with E-state index in [-0.39, 0.29) is 23.3 Å². The zero-order chi connectivity index (χ0) is 27.5. The van der Waals surface area contributed by atoms with Crippen molar-refractivity contribution in [2.45, 2.75) is 42.9 Å². The highest BCUT2D eigenvalue weighted by molar-refractivity contribution is 9.10. The van der Waals surface area contributed by atoms with Crippen molar-refractivity contribution in [1.29, 1.82) is 5.26 Å². The third-order valence-electron chi connectivity index (χ3n) is 6.68. The van der Waals surface area contributed by atoms with Crippen LogP contribution in [0.5, 0.6) is 0 Å². The first-order valence-electron chi connectivity index (χ1n) is 12.5. The number of rotatable bonds is 7. The summed E-state index contributed by atoms with van der Waals surface area (Å²) in [5, 5.41) is 22.1. The van der Waals surface area contributed by atoms with Crippen LogP contribution in [0, 0.1) is 11.3 Å². The van der Waals surface area contributed by atoms with Crippen LogP contribution in [0.4, 0.5) is 10.8 Å². The fourth-order valence-corrected chi connectivity index (χ4v) is 6.74. The van der Waals surface area contributed by atoms with Gasteiger partial charge >= 0.3 is 0 Å². The van der Waals surface area contributed by atoms with Gasteiger partial charge in [-0.05, 0) is 54.7 Å². The SMILES string of the molecule is CCc1ccc(NC(=O)CSc2nnc(N3C(N)=C(C#N)C(c4ccc(Br)cc4)C4=C3CCCC4=O)s2)cc1. The van der Waals surface area contributed by atoms with Crippen molar-refractivity contribution < 1.29 is 9.59 Å². The molecule has 2 aliphatic rings. The number of nitrogens with one attached hydrogen (secondary N) is 1. The van der Waals surface area contributed by atoms with E-state index in [4.69, 9.17) is 5.73 Å². The molecule has 0 bridgehead atoms. The van der Waals surface area contributed by atoms with E-state index >= 15 is 0 Å². The summed E-state index contributed by atoms with van der Waals surface area (Å²) in [4.78, 5) is 27.5. The van der Waals surface area contributed by atoms with Crippen LogP contribution in [0.3, 0.4) is 0 Å². The number of amides is 1. The molecule has 0 fully saturated rings. The van der Waals surface area contributed by atoms with Gasteiger partial charge in [-0.15, -0.1) is 10.2 Å². The summed E-state index contributed by atoms with van der Waals surface area (Å²) in [5.41, 5.74) is 11.1. The minimum atomic E-state index is -0.529. The van der Waals surface area contributed by atoms with Crippen molar-refractivity contribution in [3.63, 3.8) is 0 Å². The molecular weight excluding hydrogens is 596 g/mol. The van der Waals surface area contributed by atoms with E-state index in [1.54, 1.807) is 4.90 Å². The molecule has 3 aromatic rings. The van der Waals surface area contributed by atoms with E-state index < -0.39 is 5.92 Å². The molecule has 0 radical (unpaired) electrons. The number of nitrogens with two attached hydrogens (primary N) is 1. The molecule has 11 heteroatoms. The number of benzene rings is 2.